The van der Waals surface area contributed by atoms with E-state index in [1.807, 2.05) is 45.0 Å². The highest BCUT2D eigenvalue weighted by Gasteiger charge is 2.45. The van der Waals surface area contributed by atoms with Crippen LogP contribution in [0.5, 0.6) is 5.75 Å². The summed E-state index contributed by atoms with van der Waals surface area (Å²) in [4.78, 5) is 26.9. The lowest BCUT2D eigenvalue weighted by atomic mass is 9.90. The van der Waals surface area contributed by atoms with Gasteiger partial charge in [0.15, 0.2) is 0 Å². The molecule has 2 atom stereocenters. The number of hydrogen-bond donors (Lipinski definition) is 0. The van der Waals surface area contributed by atoms with Crippen LogP contribution >= 0.6 is 0 Å². The van der Waals surface area contributed by atoms with Gasteiger partial charge in [0.2, 0.25) is 11.8 Å². The van der Waals surface area contributed by atoms with Crippen molar-refractivity contribution < 1.29 is 14.3 Å². The first-order valence-electron chi connectivity index (χ1n) is 8.67. The smallest absolute Gasteiger partial charge is 0.238 e. The third kappa shape index (κ3) is 3.43. The van der Waals surface area contributed by atoms with Crippen LogP contribution in [0.4, 0.5) is 5.69 Å². The van der Waals surface area contributed by atoms with Crippen LogP contribution in [-0.4, -0.2) is 18.4 Å². The fraction of sp³-hybridized carbons (Fsp3) is 0.333. The van der Waals surface area contributed by atoms with Gasteiger partial charge in [0, 0.05) is 5.92 Å². The zero-order valence-corrected chi connectivity index (χ0v) is 14.9. The Labute approximate surface area is 148 Å². The minimum atomic E-state index is -0.319. The van der Waals surface area contributed by atoms with Gasteiger partial charge in [-0.15, -0.1) is 0 Å². The molecule has 0 N–H and O–H groups in total. The number of imide groups is 1. The summed E-state index contributed by atoms with van der Waals surface area (Å²) < 4.78 is 5.42. The lowest BCUT2D eigenvalue weighted by molar-refractivity contribution is -0.122. The summed E-state index contributed by atoms with van der Waals surface area (Å²) in [5.74, 6) is -0.162. The summed E-state index contributed by atoms with van der Waals surface area (Å²) >= 11 is 0. The van der Waals surface area contributed by atoms with Crippen LogP contribution in [0, 0.1) is 18.8 Å². The zero-order valence-electron chi connectivity index (χ0n) is 14.9. The van der Waals surface area contributed by atoms with Crippen molar-refractivity contribution in [2.75, 3.05) is 11.5 Å². The summed E-state index contributed by atoms with van der Waals surface area (Å²) in [5.41, 5.74) is 2.87. The maximum absolute atomic E-state index is 12.9. The minimum absolute atomic E-state index is 0.123. The zero-order chi connectivity index (χ0) is 18.0. The highest BCUT2D eigenvalue weighted by atomic mass is 16.5. The molecule has 0 aliphatic carbocycles. The molecule has 0 saturated carbocycles. The van der Waals surface area contributed by atoms with Crippen LogP contribution in [-0.2, 0) is 16.0 Å². The summed E-state index contributed by atoms with van der Waals surface area (Å²) in [6.07, 6.45) is 0.583. The number of carbonyl (C=O) groups is 2. The van der Waals surface area contributed by atoms with E-state index in [1.54, 1.807) is 24.3 Å². The fourth-order valence-electron chi connectivity index (χ4n) is 3.22. The Morgan fingerprint density at radius 1 is 0.960 bits per heavy atom. The molecule has 1 fully saturated rings. The van der Waals surface area contributed by atoms with Crippen molar-refractivity contribution in [3.63, 3.8) is 0 Å². The van der Waals surface area contributed by atoms with E-state index in [4.69, 9.17) is 4.74 Å². The summed E-state index contributed by atoms with van der Waals surface area (Å²) in [5, 5.41) is 0. The first kappa shape index (κ1) is 17.2. The molecule has 2 amide bonds. The molecule has 130 valence electrons. The highest BCUT2D eigenvalue weighted by molar-refractivity contribution is 6.22. The molecule has 4 nitrogen and oxygen atoms in total. The Balaban J connectivity index is 1.81. The Morgan fingerprint density at radius 3 is 2.20 bits per heavy atom. The van der Waals surface area contributed by atoms with E-state index < -0.39 is 0 Å². The van der Waals surface area contributed by atoms with Gasteiger partial charge in [-0.2, -0.15) is 0 Å². The molecule has 0 radical (unpaired) electrons. The number of anilines is 1. The van der Waals surface area contributed by atoms with Gasteiger partial charge >= 0.3 is 0 Å². The lowest BCUT2D eigenvalue weighted by Gasteiger charge is -2.15. The molecule has 2 aromatic rings. The maximum atomic E-state index is 12.9. The normalized spacial score (nSPS) is 20.2. The molecule has 1 saturated heterocycles. The van der Waals surface area contributed by atoms with E-state index in [2.05, 4.69) is 0 Å². The van der Waals surface area contributed by atoms with Crippen molar-refractivity contribution in [2.45, 2.75) is 27.2 Å². The predicted octanol–water partition coefficient (Wildman–Crippen LogP) is 3.76. The number of benzene rings is 2. The van der Waals surface area contributed by atoms with Crippen molar-refractivity contribution in [3.05, 3.63) is 59.7 Å². The maximum Gasteiger partial charge on any atom is 0.238 e. The van der Waals surface area contributed by atoms with Crippen LogP contribution in [0.25, 0.3) is 0 Å². The Hall–Kier alpha value is -2.62. The monoisotopic (exact) mass is 337 g/mol. The molecule has 4 heteroatoms. The molecule has 0 aromatic heterocycles. The average Bonchev–Trinajstić information content (AvgIpc) is 2.82. The van der Waals surface area contributed by atoms with E-state index in [-0.39, 0.29) is 23.7 Å². The third-order valence-electron chi connectivity index (χ3n) is 4.73. The van der Waals surface area contributed by atoms with Crippen LogP contribution in [0.2, 0.25) is 0 Å². The lowest BCUT2D eigenvalue weighted by Crippen LogP contribution is -2.31. The van der Waals surface area contributed by atoms with E-state index in [0.717, 1.165) is 11.3 Å². The molecule has 0 spiro atoms. The first-order chi connectivity index (χ1) is 12.0. The third-order valence-corrected chi connectivity index (χ3v) is 4.73. The van der Waals surface area contributed by atoms with Gasteiger partial charge in [-0.3, -0.25) is 14.5 Å². The SMILES string of the molecule is CCOc1ccc(N2C(=O)C(C)C(Cc3ccc(C)cc3)C2=O)cc1. The number of hydrogen-bond acceptors (Lipinski definition) is 3. The second-order valence-corrected chi connectivity index (χ2v) is 6.52. The van der Waals surface area contributed by atoms with Gasteiger partial charge in [-0.05, 0) is 50.1 Å². The second kappa shape index (κ2) is 7.09. The molecular weight excluding hydrogens is 314 g/mol. The van der Waals surface area contributed by atoms with Crippen molar-refractivity contribution in [2.24, 2.45) is 11.8 Å². The Bertz CT molecular complexity index is 765. The standard InChI is InChI=1S/C21H23NO3/c1-4-25-18-11-9-17(10-12-18)22-20(23)15(3)19(21(22)24)13-16-7-5-14(2)6-8-16/h5-12,15,19H,4,13H2,1-3H3. The van der Waals surface area contributed by atoms with Crippen molar-refractivity contribution in [1.82, 2.24) is 0 Å². The number of ether oxygens (including phenoxy) is 1. The van der Waals surface area contributed by atoms with Crippen LogP contribution in [0.1, 0.15) is 25.0 Å². The first-order valence-corrected chi connectivity index (χ1v) is 8.67. The van der Waals surface area contributed by atoms with Gasteiger partial charge in [-0.25, -0.2) is 0 Å². The van der Waals surface area contributed by atoms with Gasteiger partial charge in [0.05, 0.1) is 18.2 Å². The second-order valence-electron chi connectivity index (χ2n) is 6.52. The van der Waals surface area contributed by atoms with E-state index in [0.29, 0.717) is 18.7 Å². The Morgan fingerprint density at radius 2 is 1.60 bits per heavy atom. The van der Waals surface area contributed by atoms with E-state index in [1.165, 1.54) is 10.5 Å². The molecule has 2 aromatic carbocycles. The fourth-order valence-corrected chi connectivity index (χ4v) is 3.22. The predicted molar refractivity (Wildman–Crippen MR) is 97.6 cm³/mol. The van der Waals surface area contributed by atoms with Crippen LogP contribution in [0.3, 0.4) is 0 Å². The molecule has 1 aliphatic rings. The van der Waals surface area contributed by atoms with Gasteiger partial charge in [-0.1, -0.05) is 36.8 Å². The van der Waals surface area contributed by atoms with Crippen LogP contribution < -0.4 is 9.64 Å². The number of aryl methyl sites for hydroxylation is 1. The number of rotatable bonds is 5. The topological polar surface area (TPSA) is 46.6 Å². The summed E-state index contributed by atoms with van der Waals surface area (Å²) in [7, 11) is 0. The summed E-state index contributed by atoms with van der Waals surface area (Å²) in [6, 6.07) is 15.2. The van der Waals surface area contributed by atoms with Crippen LogP contribution in [0.15, 0.2) is 48.5 Å². The van der Waals surface area contributed by atoms with E-state index >= 15 is 0 Å². The molecule has 1 heterocycles. The van der Waals surface area contributed by atoms with Crippen molar-refractivity contribution >= 4 is 17.5 Å². The van der Waals surface area contributed by atoms with Gasteiger partial charge in [0.25, 0.3) is 0 Å². The molecule has 1 aliphatic heterocycles. The van der Waals surface area contributed by atoms with E-state index in [9.17, 15) is 9.59 Å². The van der Waals surface area contributed by atoms with Crippen molar-refractivity contribution in [3.8, 4) is 5.75 Å². The minimum Gasteiger partial charge on any atom is -0.494 e. The number of nitrogens with zero attached hydrogens (tertiary/aromatic N) is 1. The quantitative estimate of drug-likeness (QED) is 0.781. The molecule has 3 rings (SSSR count). The molecule has 0 bridgehead atoms. The molecular formula is C21H23NO3. The molecule has 2 unspecified atom stereocenters. The highest BCUT2D eigenvalue weighted by Crippen LogP contribution is 2.33. The van der Waals surface area contributed by atoms with Gasteiger partial charge in [0.1, 0.15) is 5.75 Å². The average molecular weight is 337 g/mol. The number of amides is 2. The molecule has 25 heavy (non-hydrogen) atoms. The van der Waals surface area contributed by atoms with Crippen molar-refractivity contribution in [1.29, 1.82) is 0 Å². The number of carbonyl (C=O) groups excluding carboxylic acids is 2. The van der Waals surface area contributed by atoms with Gasteiger partial charge < -0.3 is 4.74 Å². The Kier molecular flexibility index (Phi) is 4.88. The summed E-state index contributed by atoms with van der Waals surface area (Å²) in [6.45, 7) is 6.37. The largest absolute Gasteiger partial charge is 0.494 e.